The topological polar surface area (TPSA) is 59.6 Å². The van der Waals surface area contributed by atoms with Crippen molar-refractivity contribution in [3.05, 3.63) is 48.0 Å². The van der Waals surface area contributed by atoms with Gasteiger partial charge in [-0.05, 0) is 49.2 Å². The molecule has 0 saturated carbocycles. The maximum atomic E-state index is 12.1. The fraction of sp³-hybridized carbons (Fsp3) is 0.381. The Hall–Kier alpha value is -2.34. The van der Waals surface area contributed by atoms with E-state index in [9.17, 15) is 4.79 Å². The molecule has 0 saturated heterocycles. The van der Waals surface area contributed by atoms with Gasteiger partial charge in [0.2, 0.25) is 0 Å². The van der Waals surface area contributed by atoms with Crippen LogP contribution >= 0.6 is 11.8 Å². The number of anilines is 1. The monoisotopic (exact) mass is 388 g/mol. The molecular weight excluding hydrogens is 360 g/mol. The van der Waals surface area contributed by atoms with Crippen molar-refractivity contribution in [2.24, 2.45) is 0 Å². The van der Waals surface area contributed by atoms with Gasteiger partial charge in [0.05, 0.1) is 13.7 Å². The summed E-state index contributed by atoms with van der Waals surface area (Å²) >= 11 is 1.85. The van der Waals surface area contributed by atoms with Gasteiger partial charge in [-0.15, -0.1) is 11.8 Å². The average molecular weight is 389 g/mol. The summed E-state index contributed by atoms with van der Waals surface area (Å²) in [5.41, 5.74) is 1.86. The van der Waals surface area contributed by atoms with Gasteiger partial charge in [0.25, 0.3) is 0 Å². The lowest BCUT2D eigenvalue weighted by Crippen LogP contribution is -2.32. The van der Waals surface area contributed by atoms with Crippen molar-refractivity contribution in [3.8, 4) is 11.5 Å². The van der Waals surface area contributed by atoms with Crippen LogP contribution in [0, 0.1) is 6.92 Å². The number of carbonyl (C=O) groups excluding carboxylic acids is 1. The van der Waals surface area contributed by atoms with Crippen molar-refractivity contribution in [1.29, 1.82) is 0 Å². The number of hydrogen-bond acceptors (Lipinski definition) is 4. The second kappa shape index (κ2) is 10.7. The predicted octanol–water partition coefficient (Wildman–Crippen LogP) is 5.09. The SMILES string of the molecule is CCC(C)Sc1ccc(NC(=O)NCCOc2cccc(OC)c2)c(C)c1. The lowest BCUT2D eigenvalue weighted by Gasteiger charge is -2.13. The Morgan fingerprint density at radius 1 is 1.19 bits per heavy atom. The van der Waals surface area contributed by atoms with Crippen LogP contribution in [0.3, 0.4) is 0 Å². The molecule has 2 rings (SSSR count). The number of amides is 2. The van der Waals surface area contributed by atoms with Crippen LogP contribution in [0.25, 0.3) is 0 Å². The molecule has 5 nitrogen and oxygen atoms in total. The fourth-order valence-corrected chi connectivity index (χ4v) is 3.38. The molecule has 0 aromatic heterocycles. The minimum absolute atomic E-state index is 0.241. The lowest BCUT2D eigenvalue weighted by molar-refractivity contribution is 0.247. The molecule has 0 radical (unpaired) electrons. The number of urea groups is 1. The van der Waals surface area contributed by atoms with Gasteiger partial charge in [0.1, 0.15) is 18.1 Å². The highest BCUT2D eigenvalue weighted by Gasteiger charge is 2.07. The summed E-state index contributed by atoms with van der Waals surface area (Å²) in [6.45, 7) is 7.19. The number of thioether (sulfide) groups is 1. The van der Waals surface area contributed by atoms with Gasteiger partial charge in [-0.25, -0.2) is 4.79 Å². The van der Waals surface area contributed by atoms with Crippen LogP contribution in [0.5, 0.6) is 11.5 Å². The van der Waals surface area contributed by atoms with E-state index in [0.29, 0.717) is 24.2 Å². The van der Waals surface area contributed by atoms with Crippen molar-refractivity contribution >= 4 is 23.5 Å². The van der Waals surface area contributed by atoms with E-state index in [0.717, 1.165) is 23.4 Å². The summed E-state index contributed by atoms with van der Waals surface area (Å²) in [7, 11) is 1.61. The molecule has 0 aliphatic carbocycles. The Bertz CT molecular complexity index is 752. The standard InChI is InChI=1S/C21H28N2O3S/c1-5-16(3)27-19-9-10-20(15(2)13-19)23-21(24)22-11-12-26-18-8-6-7-17(14-18)25-4/h6-10,13-14,16H,5,11-12H2,1-4H3,(H2,22,23,24). The number of ether oxygens (including phenoxy) is 2. The van der Waals surface area contributed by atoms with Crippen molar-refractivity contribution in [3.63, 3.8) is 0 Å². The van der Waals surface area contributed by atoms with Crippen LogP contribution in [-0.4, -0.2) is 31.5 Å². The lowest BCUT2D eigenvalue weighted by atomic mass is 10.2. The Balaban J connectivity index is 1.76. The summed E-state index contributed by atoms with van der Waals surface area (Å²) in [6, 6.07) is 13.2. The highest BCUT2D eigenvalue weighted by atomic mass is 32.2. The van der Waals surface area contributed by atoms with Gasteiger partial charge in [-0.1, -0.05) is 19.9 Å². The van der Waals surface area contributed by atoms with Crippen LogP contribution in [-0.2, 0) is 0 Å². The molecular formula is C21H28N2O3S. The van der Waals surface area contributed by atoms with Crippen LogP contribution < -0.4 is 20.1 Å². The van der Waals surface area contributed by atoms with Gasteiger partial charge in [0, 0.05) is 21.9 Å². The molecule has 0 bridgehead atoms. The third-order valence-corrected chi connectivity index (χ3v) is 5.32. The first-order chi connectivity index (χ1) is 13.0. The summed E-state index contributed by atoms with van der Waals surface area (Å²) in [6.07, 6.45) is 1.13. The van der Waals surface area contributed by atoms with Gasteiger partial charge < -0.3 is 20.1 Å². The minimum atomic E-state index is -0.241. The summed E-state index contributed by atoms with van der Waals surface area (Å²) in [5.74, 6) is 1.45. The van der Waals surface area contributed by atoms with Gasteiger partial charge in [-0.3, -0.25) is 0 Å². The second-order valence-electron chi connectivity index (χ2n) is 6.22. The molecule has 0 heterocycles. The van der Waals surface area contributed by atoms with Gasteiger partial charge in [-0.2, -0.15) is 0 Å². The first-order valence-electron chi connectivity index (χ1n) is 9.10. The molecule has 146 valence electrons. The Labute approximate surface area is 165 Å². The molecule has 2 amide bonds. The molecule has 0 spiro atoms. The molecule has 6 heteroatoms. The van der Waals surface area contributed by atoms with E-state index in [-0.39, 0.29) is 6.03 Å². The van der Waals surface area contributed by atoms with E-state index < -0.39 is 0 Å². The molecule has 1 atom stereocenters. The molecule has 2 aromatic rings. The molecule has 1 unspecified atom stereocenters. The van der Waals surface area contributed by atoms with Crippen molar-refractivity contribution in [2.45, 2.75) is 37.3 Å². The third kappa shape index (κ3) is 7.06. The summed E-state index contributed by atoms with van der Waals surface area (Å²) < 4.78 is 10.8. The van der Waals surface area contributed by atoms with E-state index >= 15 is 0 Å². The van der Waals surface area contributed by atoms with Crippen molar-refractivity contribution in [1.82, 2.24) is 5.32 Å². The second-order valence-corrected chi connectivity index (χ2v) is 7.73. The number of nitrogens with one attached hydrogen (secondary N) is 2. The molecule has 0 aliphatic heterocycles. The van der Waals surface area contributed by atoms with E-state index in [1.807, 2.05) is 55.1 Å². The van der Waals surface area contributed by atoms with Crippen molar-refractivity contribution in [2.75, 3.05) is 25.6 Å². The third-order valence-electron chi connectivity index (χ3n) is 4.06. The highest BCUT2D eigenvalue weighted by molar-refractivity contribution is 7.99. The van der Waals surface area contributed by atoms with Crippen LogP contribution in [0.2, 0.25) is 0 Å². The van der Waals surface area contributed by atoms with Crippen LogP contribution in [0.15, 0.2) is 47.4 Å². The smallest absolute Gasteiger partial charge is 0.319 e. The Morgan fingerprint density at radius 2 is 1.96 bits per heavy atom. The van der Waals surface area contributed by atoms with E-state index in [1.165, 1.54) is 4.90 Å². The number of aryl methyl sites for hydroxylation is 1. The van der Waals surface area contributed by atoms with Crippen molar-refractivity contribution < 1.29 is 14.3 Å². The summed E-state index contributed by atoms with van der Waals surface area (Å²) in [5, 5.41) is 6.27. The maximum Gasteiger partial charge on any atom is 0.319 e. The minimum Gasteiger partial charge on any atom is -0.497 e. The van der Waals surface area contributed by atoms with Gasteiger partial charge in [0.15, 0.2) is 0 Å². The average Bonchev–Trinajstić information content (AvgIpc) is 2.67. The Morgan fingerprint density at radius 3 is 2.67 bits per heavy atom. The van der Waals surface area contributed by atoms with Crippen LogP contribution in [0.1, 0.15) is 25.8 Å². The zero-order chi connectivity index (χ0) is 19.6. The highest BCUT2D eigenvalue weighted by Crippen LogP contribution is 2.28. The fourth-order valence-electron chi connectivity index (χ4n) is 2.36. The van der Waals surface area contributed by atoms with E-state index in [1.54, 1.807) is 7.11 Å². The number of rotatable bonds is 9. The first kappa shape index (κ1) is 21.0. The Kier molecular flexibility index (Phi) is 8.33. The molecule has 0 fully saturated rings. The quantitative estimate of drug-likeness (QED) is 0.464. The maximum absolute atomic E-state index is 12.1. The molecule has 27 heavy (non-hydrogen) atoms. The molecule has 0 aliphatic rings. The number of hydrogen-bond donors (Lipinski definition) is 2. The zero-order valence-electron chi connectivity index (χ0n) is 16.4. The van der Waals surface area contributed by atoms with Crippen LogP contribution in [0.4, 0.5) is 10.5 Å². The summed E-state index contributed by atoms with van der Waals surface area (Å²) in [4.78, 5) is 13.3. The number of benzene rings is 2. The first-order valence-corrected chi connectivity index (χ1v) is 9.98. The number of methoxy groups -OCH3 is 1. The van der Waals surface area contributed by atoms with E-state index in [2.05, 4.69) is 30.5 Å². The normalized spacial score (nSPS) is 11.6. The number of carbonyl (C=O) groups is 1. The van der Waals surface area contributed by atoms with Gasteiger partial charge >= 0.3 is 6.03 Å². The van der Waals surface area contributed by atoms with E-state index in [4.69, 9.17) is 9.47 Å². The zero-order valence-corrected chi connectivity index (χ0v) is 17.2. The molecule has 2 N–H and O–H groups in total. The predicted molar refractivity (Wildman–Crippen MR) is 112 cm³/mol. The molecule has 2 aromatic carbocycles. The largest absolute Gasteiger partial charge is 0.497 e.